The van der Waals surface area contributed by atoms with E-state index in [2.05, 4.69) is 0 Å². The Kier molecular flexibility index (Phi) is 5.63. The Hall–Kier alpha value is -1.42. The van der Waals surface area contributed by atoms with Gasteiger partial charge in [-0.2, -0.15) is 0 Å². The van der Waals surface area contributed by atoms with Gasteiger partial charge in [-0.25, -0.2) is 4.39 Å². The molecule has 0 amide bonds. The van der Waals surface area contributed by atoms with Crippen LogP contribution in [-0.4, -0.2) is 19.4 Å². The fourth-order valence-electron chi connectivity index (χ4n) is 1.59. The van der Waals surface area contributed by atoms with E-state index in [-0.39, 0.29) is 11.3 Å². The van der Waals surface area contributed by atoms with Crippen molar-refractivity contribution in [2.75, 3.05) is 13.7 Å². The quantitative estimate of drug-likeness (QED) is 0.587. The molecule has 4 heteroatoms. The number of carbonyl (C=O) groups excluding carboxylic acids is 1. The van der Waals surface area contributed by atoms with Crippen molar-refractivity contribution in [3.05, 3.63) is 29.6 Å². The lowest BCUT2D eigenvalue weighted by atomic mass is 10.0. The highest BCUT2D eigenvalue weighted by atomic mass is 19.1. The maximum Gasteiger partial charge on any atom is 0.165 e. The van der Waals surface area contributed by atoms with Crippen LogP contribution >= 0.6 is 0 Å². The van der Waals surface area contributed by atoms with Gasteiger partial charge in [-0.15, -0.1) is 0 Å². The lowest BCUT2D eigenvalue weighted by molar-refractivity contribution is 0.0975. The van der Waals surface area contributed by atoms with Gasteiger partial charge in [-0.3, -0.25) is 4.79 Å². The number of halogens is 1. The molecule has 0 aliphatic carbocycles. The summed E-state index contributed by atoms with van der Waals surface area (Å²) in [5.74, 6) is -0.266. The van der Waals surface area contributed by atoms with Crippen LogP contribution in [0.2, 0.25) is 0 Å². The monoisotopic (exact) mass is 239 g/mol. The van der Waals surface area contributed by atoms with Crippen LogP contribution in [0, 0.1) is 5.82 Å². The Morgan fingerprint density at radius 3 is 2.71 bits per heavy atom. The van der Waals surface area contributed by atoms with Crippen LogP contribution in [0.3, 0.4) is 0 Å². The van der Waals surface area contributed by atoms with Crippen LogP contribution < -0.4 is 10.5 Å². The van der Waals surface area contributed by atoms with E-state index in [1.807, 2.05) is 0 Å². The molecule has 2 N–H and O–H groups in total. The minimum Gasteiger partial charge on any atom is -0.497 e. The summed E-state index contributed by atoms with van der Waals surface area (Å²) in [6, 6.07) is 4.29. The predicted molar refractivity (Wildman–Crippen MR) is 64.8 cm³/mol. The van der Waals surface area contributed by atoms with Crippen molar-refractivity contribution in [2.45, 2.75) is 25.7 Å². The highest BCUT2D eigenvalue weighted by Gasteiger charge is 2.11. The van der Waals surface area contributed by atoms with E-state index in [1.54, 1.807) is 6.07 Å². The minimum atomic E-state index is -0.520. The third-order valence-electron chi connectivity index (χ3n) is 2.58. The maximum absolute atomic E-state index is 13.5. The molecule has 0 saturated heterocycles. The van der Waals surface area contributed by atoms with Gasteiger partial charge >= 0.3 is 0 Å². The van der Waals surface area contributed by atoms with Crippen LogP contribution in [0.5, 0.6) is 5.75 Å². The summed E-state index contributed by atoms with van der Waals surface area (Å²) in [5, 5.41) is 0. The first-order valence-electron chi connectivity index (χ1n) is 5.76. The molecule has 94 valence electrons. The molecule has 0 radical (unpaired) electrons. The number of ether oxygens (including phenoxy) is 1. The summed E-state index contributed by atoms with van der Waals surface area (Å²) in [6.07, 6.45) is 2.92. The zero-order chi connectivity index (χ0) is 12.7. The third-order valence-corrected chi connectivity index (χ3v) is 2.58. The molecule has 0 fully saturated rings. The first kappa shape index (κ1) is 13.6. The molecule has 0 heterocycles. The van der Waals surface area contributed by atoms with Crippen LogP contribution in [0.4, 0.5) is 4.39 Å². The zero-order valence-corrected chi connectivity index (χ0v) is 10.0. The molecule has 0 saturated carbocycles. The summed E-state index contributed by atoms with van der Waals surface area (Å²) in [5.41, 5.74) is 5.49. The number of hydrogen-bond acceptors (Lipinski definition) is 3. The highest BCUT2D eigenvalue weighted by molar-refractivity contribution is 5.96. The summed E-state index contributed by atoms with van der Waals surface area (Å²) in [6.45, 7) is 0.630. The maximum atomic E-state index is 13.5. The van der Waals surface area contributed by atoms with Crippen molar-refractivity contribution >= 4 is 5.78 Å². The Labute approximate surface area is 101 Å². The number of methoxy groups -OCH3 is 1. The molecule has 0 aromatic heterocycles. The van der Waals surface area contributed by atoms with Gasteiger partial charge in [-0.05, 0) is 31.5 Å². The van der Waals surface area contributed by atoms with Gasteiger partial charge in [0.1, 0.15) is 11.6 Å². The van der Waals surface area contributed by atoms with Gasteiger partial charge in [0.15, 0.2) is 5.78 Å². The molecule has 0 bridgehead atoms. The Balaban J connectivity index is 2.57. The van der Waals surface area contributed by atoms with E-state index in [9.17, 15) is 9.18 Å². The van der Waals surface area contributed by atoms with Crippen molar-refractivity contribution in [2.24, 2.45) is 5.73 Å². The number of hydrogen-bond donors (Lipinski definition) is 1. The van der Waals surface area contributed by atoms with Gasteiger partial charge in [0.2, 0.25) is 0 Å². The molecule has 1 rings (SSSR count). The summed E-state index contributed by atoms with van der Waals surface area (Å²) >= 11 is 0. The molecule has 0 aliphatic rings. The smallest absolute Gasteiger partial charge is 0.165 e. The lowest BCUT2D eigenvalue weighted by Gasteiger charge is -2.05. The molecule has 3 nitrogen and oxygen atoms in total. The van der Waals surface area contributed by atoms with E-state index in [4.69, 9.17) is 10.5 Å². The van der Waals surface area contributed by atoms with E-state index in [1.165, 1.54) is 19.2 Å². The standard InChI is InChI=1S/C13H18FNO2/c1-17-10-6-7-11(12(14)9-10)13(16)5-3-2-4-8-15/h6-7,9H,2-5,8,15H2,1H3. The number of rotatable bonds is 7. The number of carbonyl (C=O) groups is 1. The van der Waals surface area contributed by atoms with Crippen molar-refractivity contribution in [3.63, 3.8) is 0 Å². The predicted octanol–water partition coefficient (Wildman–Crippen LogP) is 2.54. The largest absolute Gasteiger partial charge is 0.497 e. The average molecular weight is 239 g/mol. The summed E-state index contributed by atoms with van der Waals surface area (Å²) < 4.78 is 18.4. The number of benzene rings is 1. The minimum absolute atomic E-state index is 0.138. The zero-order valence-electron chi connectivity index (χ0n) is 10.0. The van der Waals surface area contributed by atoms with Crippen LogP contribution in [0.1, 0.15) is 36.0 Å². The van der Waals surface area contributed by atoms with Crippen LogP contribution in [0.25, 0.3) is 0 Å². The van der Waals surface area contributed by atoms with E-state index >= 15 is 0 Å². The molecule has 0 unspecified atom stereocenters. The topological polar surface area (TPSA) is 52.3 Å². The van der Waals surface area contributed by atoms with Crippen LogP contribution in [0.15, 0.2) is 18.2 Å². The van der Waals surface area contributed by atoms with Gasteiger partial charge in [0, 0.05) is 12.5 Å². The molecule has 0 spiro atoms. The number of unbranched alkanes of at least 4 members (excludes halogenated alkanes) is 2. The fourth-order valence-corrected chi connectivity index (χ4v) is 1.59. The molecule has 0 aliphatic heterocycles. The highest BCUT2D eigenvalue weighted by Crippen LogP contribution is 2.18. The number of ketones is 1. The fraction of sp³-hybridized carbons (Fsp3) is 0.462. The van der Waals surface area contributed by atoms with Gasteiger partial charge in [-0.1, -0.05) is 6.42 Å². The molecule has 1 aromatic rings. The van der Waals surface area contributed by atoms with Crippen molar-refractivity contribution < 1.29 is 13.9 Å². The molecule has 0 atom stereocenters. The van der Waals surface area contributed by atoms with Gasteiger partial charge in [0.25, 0.3) is 0 Å². The van der Waals surface area contributed by atoms with Gasteiger partial charge in [0.05, 0.1) is 12.7 Å². The first-order chi connectivity index (χ1) is 8.19. The molecule has 1 aromatic carbocycles. The van der Waals surface area contributed by atoms with E-state index in [0.717, 1.165) is 19.3 Å². The molecule has 17 heavy (non-hydrogen) atoms. The number of Topliss-reactive ketones (excluding diaryl/α,β-unsaturated/α-hetero) is 1. The third kappa shape index (κ3) is 4.15. The van der Waals surface area contributed by atoms with Crippen molar-refractivity contribution in [1.29, 1.82) is 0 Å². The lowest BCUT2D eigenvalue weighted by Crippen LogP contribution is -2.04. The van der Waals surface area contributed by atoms with E-state index in [0.29, 0.717) is 18.7 Å². The van der Waals surface area contributed by atoms with E-state index < -0.39 is 5.82 Å². The van der Waals surface area contributed by atoms with Crippen molar-refractivity contribution in [1.82, 2.24) is 0 Å². The Morgan fingerprint density at radius 2 is 2.12 bits per heavy atom. The first-order valence-corrected chi connectivity index (χ1v) is 5.76. The second-order valence-corrected chi connectivity index (χ2v) is 3.87. The Bertz CT molecular complexity index is 380. The van der Waals surface area contributed by atoms with Crippen molar-refractivity contribution in [3.8, 4) is 5.75 Å². The summed E-state index contributed by atoms with van der Waals surface area (Å²) in [4.78, 5) is 11.7. The average Bonchev–Trinajstić information content (AvgIpc) is 2.34. The molecular weight excluding hydrogens is 221 g/mol. The summed E-state index contributed by atoms with van der Waals surface area (Å²) in [7, 11) is 1.46. The molecular formula is C13H18FNO2. The van der Waals surface area contributed by atoms with Crippen LogP contribution in [-0.2, 0) is 0 Å². The second kappa shape index (κ2) is 7.01. The number of nitrogens with two attached hydrogens (primary N) is 1. The Morgan fingerprint density at radius 1 is 1.35 bits per heavy atom. The normalized spacial score (nSPS) is 10.3. The second-order valence-electron chi connectivity index (χ2n) is 3.87. The SMILES string of the molecule is COc1ccc(C(=O)CCCCCN)c(F)c1. The van der Waals surface area contributed by atoms with Gasteiger partial charge < -0.3 is 10.5 Å².